The summed E-state index contributed by atoms with van der Waals surface area (Å²) >= 11 is 0. The Morgan fingerprint density at radius 1 is 1.32 bits per heavy atom. The predicted molar refractivity (Wildman–Crippen MR) is 75.0 cm³/mol. The molecule has 0 aliphatic heterocycles. The summed E-state index contributed by atoms with van der Waals surface area (Å²) < 4.78 is 1.76. The Morgan fingerprint density at radius 2 is 2.05 bits per heavy atom. The zero-order valence-corrected chi connectivity index (χ0v) is 11.8. The van der Waals surface area contributed by atoms with Gasteiger partial charge in [-0.2, -0.15) is 5.10 Å². The molecule has 4 heteroatoms. The summed E-state index contributed by atoms with van der Waals surface area (Å²) in [5.74, 6) is -0.0375. The molecule has 100 valence electrons. The molecule has 1 heterocycles. The number of rotatable bonds is 3. The molecule has 0 radical (unpaired) electrons. The zero-order valence-electron chi connectivity index (χ0n) is 11.8. The van der Waals surface area contributed by atoms with E-state index in [-0.39, 0.29) is 5.91 Å². The quantitative estimate of drug-likeness (QED) is 0.917. The first-order chi connectivity index (χ1) is 8.97. The molecule has 0 aliphatic carbocycles. The average molecular weight is 257 g/mol. The van der Waals surface area contributed by atoms with Crippen molar-refractivity contribution in [3.05, 3.63) is 52.3 Å². The van der Waals surface area contributed by atoms with Crippen molar-refractivity contribution in [1.29, 1.82) is 0 Å². The van der Waals surface area contributed by atoms with Crippen molar-refractivity contribution in [3.63, 3.8) is 0 Å². The molecule has 19 heavy (non-hydrogen) atoms. The Bertz CT molecular complexity index is 614. The van der Waals surface area contributed by atoms with Crippen molar-refractivity contribution in [2.45, 2.75) is 27.3 Å². The van der Waals surface area contributed by atoms with Gasteiger partial charge in [0.1, 0.15) is 0 Å². The van der Waals surface area contributed by atoms with Gasteiger partial charge < -0.3 is 5.32 Å². The zero-order chi connectivity index (χ0) is 14.0. The van der Waals surface area contributed by atoms with Gasteiger partial charge in [-0.15, -0.1) is 0 Å². The lowest BCUT2D eigenvalue weighted by Gasteiger charge is -2.08. The third-order valence-electron chi connectivity index (χ3n) is 3.19. The van der Waals surface area contributed by atoms with Gasteiger partial charge in [-0.3, -0.25) is 9.48 Å². The van der Waals surface area contributed by atoms with E-state index in [1.165, 1.54) is 0 Å². The number of hydrogen-bond donors (Lipinski definition) is 1. The average Bonchev–Trinajstić information content (AvgIpc) is 2.68. The highest BCUT2D eigenvalue weighted by Gasteiger charge is 2.10. The summed E-state index contributed by atoms with van der Waals surface area (Å²) in [7, 11) is 1.88. The van der Waals surface area contributed by atoms with E-state index < -0.39 is 0 Å². The van der Waals surface area contributed by atoms with Crippen LogP contribution in [0.1, 0.15) is 32.7 Å². The molecule has 1 amide bonds. The van der Waals surface area contributed by atoms with Crippen LogP contribution in [0.2, 0.25) is 0 Å². The van der Waals surface area contributed by atoms with Crippen molar-refractivity contribution in [3.8, 4) is 0 Å². The van der Waals surface area contributed by atoms with Crippen LogP contribution in [0.3, 0.4) is 0 Å². The predicted octanol–water partition coefficient (Wildman–Crippen LogP) is 2.28. The highest BCUT2D eigenvalue weighted by Crippen LogP contribution is 2.11. The second kappa shape index (κ2) is 5.26. The minimum Gasteiger partial charge on any atom is -0.348 e. The molecule has 0 atom stereocenters. The summed E-state index contributed by atoms with van der Waals surface area (Å²) in [4.78, 5) is 12.2. The molecule has 0 aliphatic rings. The van der Waals surface area contributed by atoms with Crippen LogP contribution in [0.5, 0.6) is 0 Å². The fourth-order valence-corrected chi connectivity index (χ4v) is 2.07. The molecule has 0 fully saturated rings. The van der Waals surface area contributed by atoms with E-state index in [0.29, 0.717) is 6.54 Å². The van der Waals surface area contributed by atoms with Gasteiger partial charge in [0, 0.05) is 30.9 Å². The molecular formula is C15H19N3O. The van der Waals surface area contributed by atoms with Crippen molar-refractivity contribution in [2.75, 3.05) is 0 Å². The van der Waals surface area contributed by atoms with E-state index in [1.807, 2.05) is 52.2 Å². The van der Waals surface area contributed by atoms with Crippen LogP contribution in [-0.4, -0.2) is 15.7 Å². The van der Waals surface area contributed by atoms with Crippen LogP contribution in [0.4, 0.5) is 0 Å². The highest BCUT2D eigenvalue weighted by molar-refractivity contribution is 5.95. The Kier molecular flexibility index (Phi) is 3.69. The lowest BCUT2D eigenvalue weighted by molar-refractivity contribution is 0.0950. The molecule has 0 unspecified atom stereocenters. The third-order valence-corrected chi connectivity index (χ3v) is 3.19. The first kappa shape index (κ1) is 13.3. The Hall–Kier alpha value is -2.10. The number of nitrogens with one attached hydrogen (secondary N) is 1. The van der Waals surface area contributed by atoms with E-state index in [0.717, 1.165) is 27.9 Å². The molecular weight excluding hydrogens is 238 g/mol. The van der Waals surface area contributed by atoms with E-state index in [2.05, 4.69) is 10.4 Å². The van der Waals surface area contributed by atoms with Crippen molar-refractivity contribution >= 4 is 5.91 Å². The third kappa shape index (κ3) is 3.02. The number of amides is 1. The van der Waals surface area contributed by atoms with Crippen molar-refractivity contribution in [2.24, 2.45) is 7.05 Å². The molecule has 2 rings (SSSR count). The van der Waals surface area contributed by atoms with Crippen LogP contribution in [-0.2, 0) is 13.6 Å². The maximum absolute atomic E-state index is 12.2. The fraction of sp³-hybridized carbons (Fsp3) is 0.333. The van der Waals surface area contributed by atoms with Gasteiger partial charge >= 0.3 is 0 Å². The number of benzene rings is 1. The second-order valence-electron chi connectivity index (χ2n) is 4.91. The maximum Gasteiger partial charge on any atom is 0.251 e. The van der Waals surface area contributed by atoms with E-state index in [9.17, 15) is 4.79 Å². The van der Waals surface area contributed by atoms with Crippen LogP contribution >= 0.6 is 0 Å². The SMILES string of the molecule is Cc1ccc(C)c(C(=O)NCc2cn(C)nc2C)c1. The monoisotopic (exact) mass is 257 g/mol. The van der Waals surface area contributed by atoms with Crippen molar-refractivity contribution in [1.82, 2.24) is 15.1 Å². The van der Waals surface area contributed by atoms with Crippen molar-refractivity contribution < 1.29 is 4.79 Å². The second-order valence-corrected chi connectivity index (χ2v) is 4.91. The van der Waals surface area contributed by atoms with E-state index in [4.69, 9.17) is 0 Å². The standard InChI is InChI=1S/C15H19N3O/c1-10-5-6-11(2)14(7-10)15(19)16-8-13-9-18(4)17-12(13)3/h5-7,9H,8H2,1-4H3,(H,16,19). The molecule has 1 aromatic carbocycles. The minimum absolute atomic E-state index is 0.0375. The largest absolute Gasteiger partial charge is 0.348 e. The number of hydrogen-bond acceptors (Lipinski definition) is 2. The van der Waals surface area contributed by atoms with Crippen LogP contribution in [0.25, 0.3) is 0 Å². The molecule has 2 aromatic rings. The van der Waals surface area contributed by atoms with Gasteiger partial charge in [-0.25, -0.2) is 0 Å². The van der Waals surface area contributed by atoms with Gasteiger partial charge in [0.25, 0.3) is 5.91 Å². The Morgan fingerprint density at radius 3 is 2.68 bits per heavy atom. The topological polar surface area (TPSA) is 46.9 Å². The fourth-order valence-electron chi connectivity index (χ4n) is 2.07. The Balaban J connectivity index is 2.09. The first-order valence-corrected chi connectivity index (χ1v) is 6.32. The maximum atomic E-state index is 12.2. The van der Waals surface area contributed by atoms with Crippen LogP contribution in [0, 0.1) is 20.8 Å². The smallest absolute Gasteiger partial charge is 0.251 e. The molecule has 1 aromatic heterocycles. The van der Waals surface area contributed by atoms with Crippen LogP contribution < -0.4 is 5.32 Å². The summed E-state index contributed by atoms with van der Waals surface area (Å²) in [5, 5.41) is 7.20. The summed E-state index contributed by atoms with van der Waals surface area (Å²) in [6.07, 6.45) is 1.93. The minimum atomic E-state index is -0.0375. The lowest BCUT2D eigenvalue weighted by atomic mass is 10.1. The first-order valence-electron chi connectivity index (χ1n) is 6.32. The van der Waals surface area contributed by atoms with Crippen LogP contribution in [0.15, 0.2) is 24.4 Å². The number of nitrogens with zero attached hydrogens (tertiary/aromatic N) is 2. The summed E-state index contributed by atoms with van der Waals surface area (Å²) in [6, 6.07) is 5.90. The summed E-state index contributed by atoms with van der Waals surface area (Å²) in [5.41, 5.74) is 4.81. The number of aryl methyl sites for hydroxylation is 4. The summed E-state index contributed by atoms with van der Waals surface area (Å²) in [6.45, 7) is 6.39. The molecule has 4 nitrogen and oxygen atoms in total. The lowest BCUT2D eigenvalue weighted by Crippen LogP contribution is -2.23. The molecule has 0 saturated heterocycles. The normalized spacial score (nSPS) is 10.5. The Labute approximate surface area is 113 Å². The highest BCUT2D eigenvalue weighted by atomic mass is 16.1. The van der Waals surface area contributed by atoms with Gasteiger partial charge in [-0.1, -0.05) is 17.7 Å². The number of aromatic nitrogens is 2. The van der Waals surface area contributed by atoms with Gasteiger partial charge in [0.05, 0.1) is 5.69 Å². The molecule has 1 N–H and O–H groups in total. The van der Waals surface area contributed by atoms with E-state index >= 15 is 0 Å². The molecule has 0 spiro atoms. The number of carbonyl (C=O) groups is 1. The molecule has 0 bridgehead atoms. The van der Waals surface area contributed by atoms with Gasteiger partial charge in [0.15, 0.2) is 0 Å². The van der Waals surface area contributed by atoms with Gasteiger partial charge in [0.2, 0.25) is 0 Å². The van der Waals surface area contributed by atoms with E-state index in [1.54, 1.807) is 4.68 Å². The molecule has 0 saturated carbocycles. The number of carbonyl (C=O) groups excluding carboxylic acids is 1. The van der Waals surface area contributed by atoms with Gasteiger partial charge in [-0.05, 0) is 32.4 Å².